The maximum Gasteiger partial charge on any atom is 0.213 e. The minimum Gasteiger partial charge on any atom is -0.363 e. The van der Waals surface area contributed by atoms with Crippen LogP contribution >= 0.6 is 46.6 Å². The van der Waals surface area contributed by atoms with E-state index in [1.54, 1.807) is 11.8 Å². The molecule has 0 aliphatic heterocycles. The quantitative estimate of drug-likeness (QED) is 0.537. The molecule has 0 N–H and O–H groups in total. The van der Waals surface area contributed by atoms with E-state index in [1.807, 2.05) is 13.2 Å². The molecule has 0 saturated carbocycles. The van der Waals surface area contributed by atoms with E-state index in [9.17, 15) is 0 Å². The van der Waals surface area contributed by atoms with Crippen molar-refractivity contribution in [3.63, 3.8) is 0 Å². The summed E-state index contributed by atoms with van der Waals surface area (Å²) in [5, 5.41) is 0. The lowest BCUT2D eigenvalue weighted by Gasteiger charge is -2.14. The normalized spacial score (nSPS) is 15.3. The van der Waals surface area contributed by atoms with Crippen LogP contribution in [0.1, 0.15) is 6.92 Å². The van der Waals surface area contributed by atoms with E-state index in [0.717, 1.165) is 0 Å². The molecule has 5 heteroatoms. The molecule has 0 spiro atoms. The van der Waals surface area contributed by atoms with Crippen molar-refractivity contribution in [2.75, 3.05) is 12.9 Å². The predicted octanol–water partition coefficient (Wildman–Crippen LogP) is 3.08. The Bertz CT molecular complexity index is 93.4. The Morgan fingerprint density at radius 1 is 1.50 bits per heavy atom. The molecule has 0 aliphatic carbocycles. The molecule has 0 aromatic heterocycles. The van der Waals surface area contributed by atoms with Gasteiger partial charge in [0, 0.05) is 0 Å². The molecule has 0 aliphatic rings. The first-order valence-corrected chi connectivity index (χ1v) is 5.09. The average molecular weight is 224 g/mol. The Morgan fingerprint density at radius 2 is 2.00 bits per heavy atom. The van der Waals surface area contributed by atoms with Gasteiger partial charge < -0.3 is 4.74 Å². The average Bonchev–Trinajstić information content (AvgIpc) is 1.81. The molecule has 10 heavy (non-hydrogen) atoms. The highest BCUT2D eigenvalue weighted by Crippen LogP contribution is 2.27. The second-order valence-corrected chi connectivity index (χ2v) is 5.38. The van der Waals surface area contributed by atoms with Gasteiger partial charge in [-0.25, -0.2) is 0 Å². The highest BCUT2D eigenvalue weighted by Gasteiger charge is 2.20. The summed E-state index contributed by atoms with van der Waals surface area (Å²) in [6, 6.07) is 0. The van der Waals surface area contributed by atoms with Gasteiger partial charge in [0.1, 0.15) is 0 Å². The molecule has 1 unspecified atom stereocenters. The Labute approximate surface area is 80.3 Å². The van der Waals surface area contributed by atoms with Gasteiger partial charge in [0.2, 0.25) is 3.79 Å². The van der Waals surface area contributed by atoms with Gasteiger partial charge in [-0.1, -0.05) is 34.8 Å². The molecule has 0 radical (unpaired) electrons. The molecule has 62 valence electrons. The van der Waals surface area contributed by atoms with Crippen LogP contribution in [0.5, 0.6) is 0 Å². The minimum absolute atomic E-state index is 0.0793. The molecule has 0 rings (SSSR count). The standard InChI is InChI=1S/C5H9Cl3OS/c1-4(10-2)9-3-5(6,7)8/h4H,3H2,1-2H3. The summed E-state index contributed by atoms with van der Waals surface area (Å²) in [7, 11) is 0. The van der Waals surface area contributed by atoms with E-state index < -0.39 is 3.79 Å². The zero-order chi connectivity index (χ0) is 8.20. The molecule has 0 aromatic rings. The topological polar surface area (TPSA) is 9.23 Å². The fourth-order valence-electron chi connectivity index (χ4n) is 0.280. The van der Waals surface area contributed by atoms with Crippen LogP contribution < -0.4 is 0 Å². The molecule has 0 saturated heterocycles. The molecule has 1 nitrogen and oxygen atoms in total. The minimum atomic E-state index is -1.29. The predicted molar refractivity (Wildman–Crippen MR) is 49.2 cm³/mol. The van der Waals surface area contributed by atoms with Crippen LogP contribution in [0, 0.1) is 0 Å². The zero-order valence-electron chi connectivity index (χ0n) is 5.73. The van der Waals surface area contributed by atoms with Gasteiger partial charge in [0.25, 0.3) is 0 Å². The fourth-order valence-corrected chi connectivity index (χ4v) is 0.673. The third kappa shape index (κ3) is 7.29. The first kappa shape index (κ1) is 11.2. The van der Waals surface area contributed by atoms with E-state index in [1.165, 1.54) is 0 Å². The van der Waals surface area contributed by atoms with E-state index in [-0.39, 0.29) is 12.0 Å². The number of thioether (sulfide) groups is 1. The SMILES string of the molecule is CSC(C)OCC(Cl)(Cl)Cl. The number of hydrogen-bond donors (Lipinski definition) is 0. The number of halogens is 3. The van der Waals surface area contributed by atoms with Crippen molar-refractivity contribution in [1.29, 1.82) is 0 Å². The smallest absolute Gasteiger partial charge is 0.213 e. The van der Waals surface area contributed by atoms with Gasteiger partial charge in [0.15, 0.2) is 0 Å². The van der Waals surface area contributed by atoms with Crippen LogP contribution in [-0.2, 0) is 4.74 Å². The lowest BCUT2D eigenvalue weighted by atomic mass is 10.8. The van der Waals surface area contributed by atoms with Crippen molar-refractivity contribution in [2.45, 2.75) is 16.2 Å². The van der Waals surface area contributed by atoms with Crippen molar-refractivity contribution in [3.8, 4) is 0 Å². The van der Waals surface area contributed by atoms with Crippen molar-refractivity contribution in [1.82, 2.24) is 0 Å². The van der Waals surface area contributed by atoms with Crippen LogP contribution in [0.25, 0.3) is 0 Å². The maximum atomic E-state index is 5.43. The summed E-state index contributed by atoms with van der Waals surface area (Å²) in [6.45, 7) is 2.04. The summed E-state index contributed by atoms with van der Waals surface area (Å²) < 4.78 is 3.83. The van der Waals surface area contributed by atoms with Crippen molar-refractivity contribution in [3.05, 3.63) is 0 Å². The third-order valence-corrected chi connectivity index (χ3v) is 1.94. The second kappa shape index (κ2) is 4.94. The summed E-state index contributed by atoms with van der Waals surface area (Å²) >= 11 is 17.9. The molecule has 0 heterocycles. The van der Waals surface area contributed by atoms with Crippen LogP contribution in [-0.4, -0.2) is 22.1 Å². The number of alkyl halides is 3. The number of hydrogen-bond acceptors (Lipinski definition) is 2. The molecular weight excluding hydrogens is 214 g/mol. The summed E-state index contributed by atoms with van der Waals surface area (Å²) in [5.74, 6) is 0. The maximum absolute atomic E-state index is 5.43. The Hall–Kier alpha value is 1.18. The van der Waals surface area contributed by atoms with Crippen LogP contribution in [0.15, 0.2) is 0 Å². The van der Waals surface area contributed by atoms with E-state index in [2.05, 4.69) is 0 Å². The van der Waals surface area contributed by atoms with E-state index >= 15 is 0 Å². The first-order chi connectivity index (χ1) is 4.45. The Morgan fingerprint density at radius 3 is 2.30 bits per heavy atom. The van der Waals surface area contributed by atoms with Gasteiger partial charge >= 0.3 is 0 Å². The highest BCUT2D eigenvalue weighted by molar-refractivity contribution is 7.99. The third-order valence-electron chi connectivity index (χ3n) is 0.814. The zero-order valence-corrected chi connectivity index (χ0v) is 8.82. The Balaban J connectivity index is 3.36. The largest absolute Gasteiger partial charge is 0.363 e. The summed E-state index contributed by atoms with van der Waals surface area (Å²) in [6.07, 6.45) is 1.93. The van der Waals surface area contributed by atoms with Crippen LogP contribution in [0.2, 0.25) is 0 Å². The van der Waals surface area contributed by atoms with Crippen molar-refractivity contribution < 1.29 is 4.74 Å². The molecule has 0 amide bonds. The second-order valence-electron chi connectivity index (χ2n) is 1.73. The lowest BCUT2D eigenvalue weighted by Crippen LogP contribution is -2.16. The molecular formula is C5H9Cl3OS. The molecule has 1 atom stereocenters. The summed E-state index contributed by atoms with van der Waals surface area (Å²) in [5.41, 5.74) is 0.0793. The van der Waals surface area contributed by atoms with Crippen LogP contribution in [0.3, 0.4) is 0 Å². The van der Waals surface area contributed by atoms with Crippen molar-refractivity contribution >= 4 is 46.6 Å². The monoisotopic (exact) mass is 222 g/mol. The Kier molecular flexibility index (Phi) is 5.52. The van der Waals surface area contributed by atoms with Crippen LogP contribution in [0.4, 0.5) is 0 Å². The van der Waals surface area contributed by atoms with Gasteiger partial charge in [0.05, 0.1) is 12.0 Å². The van der Waals surface area contributed by atoms with Gasteiger partial charge in [-0.3, -0.25) is 0 Å². The molecule has 0 aromatic carbocycles. The van der Waals surface area contributed by atoms with E-state index in [0.29, 0.717) is 0 Å². The molecule has 0 fully saturated rings. The number of ether oxygens (including phenoxy) is 1. The van der Waals surface area contributed by atoms with Gasteiger partial charge in [-0.05, 0) is 13.2 Å². The van der Waals surface area contributed by atoms with Gasteiger partial charge in [-0.2, -0.15) is 0 Å². The first-order valence-electron chi connectivity index (χ1n) is 2.67. The van der Waals surface area contributed by atoms with E-state index in [4.69, 9.17) is 39.5 Å². The molecule has 0 bridgehead atoms. The highest BCUT2D eigenvalue weighted by atomic mass is 35.6. The summed E-state index contributed by atoms with van der Waals surface area (Å²) in [4.78, 5) is 0. The van der Waals surface area contributed by atoms with Gasteiger partial charge in [-0.15, -0.1) is 11.8 Å². The number of rotatable bonds is 3. The van der Waals surface area contributed by atoms with Crippen molar-refractivity contribution in [2.24, 2.45) is 0 Å². The fraction of sp³-hybridized carbons (Fsp3) is 1.00. The lowest BCUT2D eigenvalue weighted by molar-refractivity contribution is 0.129.